The number of rotatable bonds is 7. The fraction of sp³-hybridized carbons (Fsp3) is 0.200. The highest BCUT2D eigenvalue weighted by Gasteiger charge is 2.56. The van der Waals surface area contributed by atoms with Gasteiger partial charge in [0.15, 0.2) is 0 Å². The molecule has 0 radical (unpaired) electrons. The maximum absolute atomic E-state index is 14.0. The number of thiazole rings is 1. The Bertz CT molecular complexity index is 1730. The van der Waals surface area contributed by atoms with Crippen LogP contribution in [-0.2, 0) is 20.9 Å². The lowest BCUT2D eigenvalue weighted by molar-refractivity contribution is -0.122. The Labute approximate surface area is 248 Å². The minimum absolute atomic E-state index is 0.0612. The first kappa shape index (κ1) is 27.6. The lowest BCUT2D eigenvalue weighted by Gasteiger charge is -2.30. The number of nitrogens with one attached hydrogen (secondary N) is 1. The largest absolute Gasteiger partial charge is 0.508 e. The lowest BCUT2D eigenvalue weighted by atomic mass is 9.83. The van der Waals surface area contributed by atoms with Gasteiger partial charge < -0.3 is 19.9 Å². The van der Waals surface area contributed by atoms with Crippen LogP contribution in [0.4, 0.5) is 11.4 Å². The van der Waals surface area contributed by atoms with Crippen molar-refractivity contribution in [3.05, 3.63) is 92.9 Å². The van der Waals surface area contributed by atoms with E-state index in [0.717, 1.165) is 28.7 Å². The van der Waals surface area contributed by atoms with Gasteiger partial charge in [-0.1, -0.05) is 35.2 Å². The Hall–Kier alpha value is -4.55. The van der Waals surface area contributed by atoms with Crippen LogP contribution in [0.15, 0.2) is 82.6 Å². The quantitative estimate of drug-likeness (QED) is 0.239. The van der Waals surface area contributed by atoms with Gasteiger partial charge in [0.1, 0.15) is 29.0 Å². The number of anilines is 2. The van der Waals surface area contributed by atoms with E-state index in [1.54, 1.807) is 55.6 Å². The molecule has 2 aliphatic rings. The van der Waals surface area contributed by atoms with Crippen molar-refractivity contribution in [3.63, 3.8) is 0 Å². The number of aromatic nitrogens is 1. The van der Waals surface area contributed by atoms with Crippen molar-refractivity contribution in [3.8, 4) is 17.2 Å². The summed E-state index contributed by atoms with van der Waals surface area (Å²) in [5.41, 5.74) is 1.65. The van der Waals surface area contributed by atoms with E-state index in [0.29, 0.717) is 32.8 Å². The lowest BCUT2D eigenvalue weighted by Crippen LogP contribution is -2.33. The fourth-order valence-electron chi connectivity index (χ4n) is 5.30. The number of amides is 3. The third-order valence-corrected chi connectivity index (χ3v) is 9.91. The van der Waals surface area contributed by atoms with E-state index in [4.69, 9.17) is 9.47 Å². The summed E-state index contributed by atoms with van der Waals surface area (Å²) in [5, 5.41) is 11.9. The Balaban J connectivity index is 1.40. The molecule has 3 atom stereocenters. The van der Waals surface area contributed by atoms with E-state index in [1.807, 2.05) is 12.1 Å². The predicted octanol–water partition coefficient (Wildman–Crippen LogP) is 4.07. The summed E-state index contributed by atoms with van der Waals surface area (Å²) in [6, 6.07) is 19.9. The highest BCUT2D eigenvalue weighted by Crippen LogP contribution is 2.54. The Morgan fingerprint density at radius 1 is 0.881 bits per heavy atom. The Morgan fingerprint density at radius 2 is 1.50 bits per heavy atom. The minimum Gasteiger partial charge on any atom is -0.508 e. The summed E-state index contributed by atoms with van der Waals surface area (Å²) < 4.78 is 11.9. The number of benzene rings is 3. The minimum atomic E-state index is -0.806. The molecule has 0 bridgehead atoms. The first-order valence-corrected chi connectivity index (χ1v) is 14.6. The molecule has 0 aliphatic carbocycles. The summed E-state index contributed by atoms with van der Waals surface area (Å²) in [7, 11) is 3.09. The van der Waals surface area contributed by atoms with Gasteiger partial charge in [0.05, 0.1) is 30.9 Å². The van der Waals surface area contributed by atoms with Gasteiger partial charge in [-0.3, -0.25) is 23.7 Å². The second-order valence-corrected chi connectivity index (χ2v) is 11.9. The van der Waals surface area contributed by atoms with Crippen molar-refractivity contribution in [2.24, 2.45) is 5.92 Å². The first-order chi connectivity index (χ1) is 20.3. The van der Waals surface area contributed by atoms with Crippen molar-refractivity contribution >= 4 is 52.2 Å². The molecule has 1 aromatic heterocycles. The Kier molecular flexibility index (Phi) is 7.25. The van der Waals surface area contributed by atoms with Crippen LogP contribution in [0, 0.1) is 5.92 Å². The topological polar surface area (TPSA) is 127 Å². The molecule has 3 heterocycles. The molecule has 3 aromatic carbocycles. The van der Waals surface area contributed by atoms with E-state index in [9.17, 15) is 24.3 Å². The molecule has 12 heteroatoms. The van der Waals surface area contributed by atoms with Crippen LogP contribution in [-0.4, -0.2) is 46.9 Å². The molecule has 214 valence electrons. The van der Waals surface area contributed by atoms with Crippen LogP contribution in [0.5, 0.6) is 17.2 Å². The molecule has 1 saturated heterocycles. The van der Waals surface area contributed by atoms with Gasteiger partial charge in [0.2, 0.25) is 17.7 Å². The third kappa shape index (κ3) is 4.82. The van der Waals surface area contributed by atoms with Crippen molar-refractivity contribution < 1.29 is 29.0 Å². The highest BCUT2D eigenvalue weighted by atomic mass is 32.2. The van der Waals surface area contributed by atoms with Crippen LogP contribution in [0.1, 0.15) is 16.4 Å². The Morgan fingerprint density at radius 3 is 2.12 bits per heavy atom. The average Bonchev–Trinajstić information content (AvgIpc) is 3.44. The van der Waals surface area contributed by atoms with Gasteiger partial charge in [-0.2, -0.15) is 0 Å². The number of fused-ring (bicyclic) bond motifs is 2. The number of hydrogen-bond donors (Lipinski definition) is 2. The van der Waals surface area contributed by atoms with Gasteiger partial charge in [-0.05, 0) is 66.2 Å². The van der Waals surface area contributed by atoms with E-state index in [1.165, 1.54) is 28.7 Å². The number of methoxy groups -OCH3 is 2. The monoisotopic (exact) mass is 603 g/mol. The number of ether oxygens (including phenoxy) is 2. The molecule has 4 aromatic rings. The molecule has 1 fully saturated rings. The molecule has 2 N–H and O–H groups in total. The van der Waals surface area contributed by atoms with E-state index < -0.39 is 23.0 Å². The summed E-state index contributed by atoms with van der Waals surface area (Å²) in [6.07, 6.45) is 0. The number of nitrogens with zero attached hydrogens (tertiary/aromatic N) is 2. The number of aromatic hydroxyl groups is 1. The molecule has 6 rings (SSSR count). The summed E-state index contributed by atoms with van der Waals surface area (Å²) >= 11 is 2.13. The van der Waals surface area contributed by atoms with Gasteiger partial charge in [-0.15, -0.1) is 0 Å². The average molecular weight is 604 g/mol. The number of thioether (sulfide) groups is 1. The molecule has 0 saturated carbocycles. The normalized spacial score (nSPS) is 19.3. The number of hydrogen-bond acceptors (Lipinski definition) is 9. The van der Waals surface area contributed by atoms with Crippen molar-refractivity contribution in [2.75, 3.05) is 24.4 Å². The molecule has 0 unspecified atom stereocenters. The third-order valence-electron chi connectivity index (χ3n) is 7.31. The van der Waals surface area contributed by atoms with Crippen molar-refractivity contribution in [1.29, 1.82) is 0 Å². The molecule has 0 spiro atoms. The van der Waals surface area contributed by atoms with Crippen LogP contribution < -0.4 is 24.6 Å². The van der Waals surface area contributed by atoms with Crippen molar-refractivity contribution in [2.45, 2.75) is 22.7 Å². The standard InChI is InChI=1S/C30H25N3O7S2/c1-39-20-11-3-16(4-12-20)23-24-25(28(37)33(27(24)36)18-7-13-21(40-2)14-8-18)41-29-26(23)42-30(38)32(29)15-22(35)31-17-5-9-19(34)10-6-17/h3-14,23-25,34H,15H2,1-2H3,(H,31,35)/t23-,24-,25+/m0/s1. The number of carbonyl (C=O) groups excluding carboxylic acids is 3. The summed E-state index contributed by atoms with van der Waals surface area (Å²) in [5.74, 6) is -1.25. The molecular weight excluding hydrogens is 578 g/mol. The second kappa shape index (κ2) is 11.0. The van der Waals surface area contributed by atoms with Gasteiger partial charge in [-0.25, -0.2) is 4.90 Å². The SMILES string of the molecule is COc1ccc([C@@H]2c3sc(=O)n(CC(=O)Nc4ccc(O)cc4)c3S[C@H]3C(=O)N(c4ccc(OC)cc4)C(=O)[C@@H]23)cc1. The molecular formula is C30H25N3O7S2. The van der Waals surface area contributed by atoms with Gasteiger partial charge in [0.25, 0.3) is 0 Å². The number of imide groups is 1. The first-order valence-electron chi connectivity index (χ1n) is 12.9. The number of phenols is 1. The molecule has 2 aliphatic heterocycles. The van der Waals surface area contributed by atoms with Crippen LogP contribution in [0.3, 0.4) is 0 Å². The van der Waals surface area contributed by atoms with Crippen molar-refractivity contribution in [1.82, 2.24) is 4.57 Å². The van der Waals surface area contributed by atoms with Crippen LogP contribution in [0.2, 0.25) is 0 Å². The fourth-order valence-corrected chi connectivity index (χ4v) is 8.07. The highest BCUT2D eigenvalue weighted by molar-refractivity contribution is 8.00. The second-order valence-electron chi connectivity index (χ2n) is 9.74. The maximum atomic E-state index is 14.0. The number of carbonyl (C=O) groups is 3. The summed E-state index contributed by atoms with van der Waals surface area (Å²) in [4.78, 5) is 55.6. The smallest absolute Gasteiger partial charge is 0.308 e. The summed E-state index contributed by atoms with van der Waals surface area (Å²) in [6.45, 7) is -0.282. The van der Waals surface area contributed by atoms with E-state index in [-0.39, 0.29) is 29.0 Å². The molecule has 42 heavy (non-hydrogen) atoms. The molecule has 10 nitrogen and oxygen atoms in total. The zero-order valence-corrected chi connectivity index (χ0v) is 24.1. The van der Waals surface area contributed by atoms with Crippen LogP contribution in [0.25, 0.3) is 0 Å². The molecule has 3 amide bonds. The van der Waals surface area contributed by atoms with Gasteiger partial charge in [0, 0.05) is 16.5 Å². The number of phenolic OH excluding ortho intramolecular Hbond substituents is 1. The van der Waals surface area contributed by atoms with E-state index in [2.05, 4.69) is 5.32 Å². The van der Waals surface area contributed by atoms with Crippen LogP contribution >= 0.6 is 23.1 Å². The zero-order chi connectivity index (χ0) is 29.5. The zero-order valence-electron chi connectivity index (χ0n) is 22.5. The predicted molar refractivity (Wildman–Crippen MR) is 159 cm³/mol. The van der Waals surface area contributed by atoms with Gasteiger partial charge >= 0.3 is 4.87 Å². The maximum Gasteiger partial charge on any atom is 0.308 e. The van der Waals surface area contributed by atoms with E-state index >= 15 is 0 Å².